The molecule has 1 saturated heterocycles. The van der Waals surface area contributed by atoms with Crippen LogP contribution < -0.4 is 5.32 Å². The zero-order valence-electron chi connectivity index (χ0n) is 23.8. The van der Waals surface area contributed by atoms with Crippen LogP contribution in [0.25, 0.3) is 0 Å². The predicted octanol–water partition coefficient (Wildman–Crippen LogP) is 5.55. The van der Waals surface area contributed by atoms with Crippen molar-refractivity contribution in [2.45, 2.75) is 137 Å². The molecule has 4 nitrogen and oxygen atoms in total. The lowest BCUT2D eigenvalue weighted by Crippen LogP contribution is -2.59. The molecule has 0 bridgehead atoms. The maximum atomic E-state index is 12.2. The first-order chi connectivity index (χ1) is 16.1. The number of rotatable bonds is 2. The second kappa shape index (κ2) is 7.27. The van der Waals surface area contributed by atoms with Crippen LogP contribution in [0.5, 0.6) is 0 Å². The van der Waals surface area contributed by atoms with Crippen LogP contribution in [0.15, 0.2) is 0 Å². The summed E-state index contributed by atoms with van der Waals surface area (Å²) in [6.45, 7) is 19.7. The molecule has 0 aromatic heterocycles. The van der Waals surface area contributed by atoms with Crippen LogP contribution in [0.2, 0.25) is 0 Å². The van der Waals surface area contributed by atoms with Crippen LogP contribution >= 0.6 is 0 Å². The summed E-state index contributed by atoms with van der Waals surface area (Å²) in [6.07, 6.45) is 9.19. The van der Waals surface area contributed by atoms with Gasteiger partial charge in [0.25, 0.3) is 0 Å². The summed E-state index contributed by atoms with van der Waals surface area (Å²) in [5, 5.41) is 26.8. The number of hydrogen-bond acceptors (Lipinski definition) is 4. The van der Waals surface area contributed by atoms with Gasteiger partial charge in [-0.1, -0.05) is 34.6 Å². The standard InChI is InChI=1S/C31H53NO3/c1-18-15-19(16-32-26(2,3)4)35-24-23(18)28(7)13-14-31-17-30(31)12-11-22(33)27(5,6)20(30)9-10-21(31)29(28,8)25(24)34/h18-25,32-34H,9-17H2,1-8H3/t18-,19-,20?,21?,22+,23+,24+,25+,28-,29-,30-,31+/m1/s1. The maximum Gasteiger partial charge on any atom is 0.0880 e. The Morgan fingerprint density at radius 1 is 0.914 bits per heavy atom. The highest BCUT2D eigenvalue weighted by atomic mass is 16.5. The van der Waals surface area contributed by atoms with E-state index in [2.05, 4.69) is 60.7 Å². The van der Waals surface area contributed by atoms with Crippen molar-refractivity contribution in [3.05, 3.63) is 0 Å². The van der Waals surface area contributed by atoms with E-state index in [9.17, 15) is 10.2 Å². The largest absolute Gasteiger partial charge is 0.393 e. The van der Waals surface area contributed by atoms with Crippen molar-refractivity contribution in [3.8, 4) is 0 Å². The van der Waals surface area contributed by atoms with Gasteiger partial charge in [0.2, 0.25) is 0 Å². The van der Waals surface area contributed by atoms with E-state index in [4.69, 9.17) is 4.74 Å². The second-order valence-corrected chi connectivity index (χ2v) is 16.3. The van der Waals surface area contributed by atoms with Crippen molar-refractivity contribution in [1.29, 1.82) is 0 Å². The molecule has 6 fully saturated rings. The molecule has 0 aromatic rings. The van der Waals surface area contributed by atoms with Crippen molar-refractivity contribution < 1.29 is 14.9 Å². The molecule has 3 N–H and O–H groups in total. The Balaban J connectivity index is 1.32. The van der Waals surface area contributed by atoms with E-state index >= 15 is 0 Å². The Labute approximate surface area is 214 Å². The van der Waals surface area contributed by atoms with Gasteiger partial charge in [-0.05, 0) is 117 Å². The van der Waals surface area contributed by atoms with Crippen molar-refractivity contribution in [3.63, 3.8) is 0 Å². The molecule has 0 amide bonds. The van der Waals surface area contributed by atoms with Gasteiger partial charge in [0.15, 0.2) is 0 Å². The first kappa shape index (κ1) is 25.1. The lowest BCUT2D eigenvalue weighted by atomic mass is 9.41. The van der Waals surface area contributed by atoms with Gasteiger partial charge in [-0.3, -0.25) is 0 Å². The molecule has 1 heterocycles. The number of aliphatic hydroxyl groups is 2. The third kappa shape index (κ3) is 2.95. The van der Waals surface area contributed by atoms with Crippen molar-refractivity contribution in [2.24, 2.45) is 50.7 Å². The minimum Gasteiger partial charge on any atom is -0.393 e. The van der Waals surface area contributed by atoms with Gasteiger partial charge in [0.1, 0.15) is 0 Å². The molecular weight excluding hydrogens is 434 g/mol. The molecule has 4 heteroatoms. The fourth-order valence-corrected chi connectivity index (χ4v) is 11.9. The molecule has 6 rings (SSSR count). The van der Waals surface area contributed by atoms with Crippen LogP contribution in [-0.2, 0) is 4.74 Å². The summed E-state index contributed by atoms with van der Waals surface area (Å²) < 4.78 is 6.84. The number of nitrogens with one attached hydrogen (secondary N) is 1. The van der Waals surface area contributed by atoms with Gasteiger partial charge in [0.05, 0.1) is 24.4 Å². The van der Waals surface area contributed by atoms with E-state index in [0.717, 1.165) is 19.4 Å². The highest BCUT2D eigenvalue weighted by Crippen LogP contribution is 2.89. The highest BCUT2D eigenvalue weighted by Gasteiger charge is 2.84. The normalized spacial score (nSPS) is 58.5. The van der Waals surface area contributed by atoms with Crippen LogP contribution in [0.1, 0.15) is 107 Å². The second-order valence-electron chi connectivity index (χ2n) is 16.3. The van der Waals surface area contributed by atoms with E-state index in [-0.39, 0.29) is 46.2 Å². The van der Waals surface area contributed by atoms with Crippen LogP contribution in [0, 0.1) is 50.7 Å². The fraction of sp³-hybridized carbons (Fsp3) is 1.00. The van der Waals surface area contributed by atoms with Gasteiger partial charge in [-0.2, -0.15) is 0 Å². The van der Waals surface area contributed by atoms with Crippen molar-refractivity contribution >= 4 is 0 Å². The summed E-state index contributed by atoms with van der Waals surface area (Å²) in [4.78, 5) is 0. The van der Waals surface area contributed by atoms with E-state index in [1.165, 1.54) is 38.5 Å². The lowest BCUT2D eigenvalue weighted by Gasteiger charge is -2.63. The minimum absolute atomic E-state index is 0.0154. The molecule has 200 valence electrons. The lowest BCUT2D eigenvalue weighted by molar-refractivity contribution is -0.182. The Morgan fingerprint density at radius 3 is 2.26 bits per heavy atom. The summed E-state index contributed by atoms with van der Waals surface area (Å²) >= 11 is 0. The molecule has 2 unspecified atom stereocenters. The average molecular weight is 488 g/mol. The van der Waals surface area contributed by atoms with Crippen LogP contribution in [0.3, 0.4) is 0 Å². The first-order valence-corrected chi connectivity index (χ1v) is 14.9. The van der Waals surface area contributed by atoms with Crippen molar-refractivity contribution in [1.82, 2.24) is 5.32 Å². The van der Waals surface area contributed by atoms with Crippen LogP contribution in [0.4, 0.5) is 0 Å². The smallest absolute Gasteiger partial charge is 0.0880 e. The summed E-state index contributed by atoms with van der Waals surface area (Å²) in [7, 11) is 0. The highest BCUT2D eigenvalue weighted by molar-refractivity contribution is 5.32. The van der Waals surface area contributed by atoms with Gasteiger partial charge >= 0.3 is 0 Å². The molecule has 6 aliphatic rings. The predicted molar refractivity (Wildman–Crippen MR) is 140 cm³/mol. The van der Waals surface area contributed by atoms with E-state index in [1.54, 1.807) is 0 Å². The van der Waals surface area contributed by atoms with Gasteiger partial charge < -0.3 is 20.3 Å². The number of ether oxygens (including phenoxy) is 1. The molecule has 0 radical (unpaired) electrons. The molecular formula is C31H53NO3. The monoisotopic (exact) mass is 487 g/mol. The molecule has 35 heavy (non-hydrogen) atoms. The Bertz CT molecular complexity index is 881. The SMILES string of the molecule is C[C@@H]1C[C@H](CNC(C)(C)C)O[C@H]2[C@H]1[C@@]1(C)CC[C@@]34C[C@@]35CC[C@H](O)C(C)(C)C5CCC4[C@]1(C)[C@H]2O. The Kier molecular flexibility index (Phi) is 5.22. The van der Waals surface area contributed by atoms with E-state index in [1.807, 2.05) is 0 Å². The van der Waals surface area contributed by atoms with Gasteiger partial charge in [-0.15, -0.1) is 0 Å². The molecule has 2 spiro atoms. The third-order valence-electron chi connectivity index (χ3n) is 13.7. The summed E-state index contributed by atoms with van der Waals surface area (Å²) in [5.74, 6) is 2.23. The molecule has 5 aliphatic carbocycles. The third-order valence-corrected chi connectivity index (χ3v) is 13.7. The topological polar surface area (TPSA) is 61.7 Å². The molecule has 12 atom stereocenters. The number of hydrogen-bond donors (Lipinski definition) is 3. The number of fused-ring (bicyclic) bond motifs is 4. The van der Waals surface area contributed by atoms with Gasteiger partial charge in [-0.25, -0.2) is 0 Å². The maximum absolute atomic E-state index is 12.2. The van der Waals surface area contributed by atoms with Gasteiger partial charge in [0, 0.05) is 17.5 Å². The quantitative estimate of drug-likeness (QED) is 0.478. The zero-order valence-corrected chi connectivity index (χ0v) is 23.8. The Morgan fingerprint density at radius 2 is 1.57 bits per heavy atom. The molecule has 0 aromatic carbocycles. The van der Waals surface area contributed by atoms with Crippen LogP contribution in [-0.4, -0.2) is 46.7 Å². The minimum atomic E-state index is -0.379. The Hall–Kier alpha value is -0.160. The summed E-state index contributed by atoms with van der Waals surface area (Å²) in [6, 6.07) is 0. The zero-order chi connectivity index (χ0) is 25.4. The van der Waals surface area contributed by atoms with E-state index in [0.29, 0.717) is 34.5 Å². The van der Waals surface area contributed by atoms with Crippen molar-refractivity contribution in [2.75, 3.05) is 6.54 Å². The number of aliphatic hydroxyl groups excluding tert-OH is 2. The average Bonchev–Trinajstić information content (AvgIpc) is 3.40. The molecule has 5 saturated carbocycles. The first-order valence-electron chi connectivity index (χ1n) is 14.9. The van der Waals surface area contributed by atoms with E-state index < -0.39 is 0 Å². The fourth-order valence-electron chi connectivity index (χ4n) is 11.9. The molecule has 1 aliphatic heterocycles. The summed E-state index contributed by atoms with van der Waals surface area (Å²) in [5.41, 5.74) is 0.928.